The number of carbonyl (C=O) groups is 1. The van der Waals surface area contributed by atoms with Gasteiger partial charge in [-0.25, -0.2) is 13.4 Å². The number of nitrogens with two attached hydrogens (primary N) is 1. The van der Waals surface area contributed by atoms with E-state index in [1.807, 2.05) is 0 Å². The number of anilines is 2. The van der Waals surface area contributed by atoms with Crippen molar-refractivity contribution in [1.29, 1.82) is 0 Å². The van der Waals surface area contributed by atoms with Crippen molar-refractivity contribution in [2.75, 3.05) is 17.3 Å². The van der Waals surface area contributed by atoms with Crippen LogP contribution in [0.3, 0.4) is 0 Å². The van der Waals surface area contributed by atoms with E-state index in [1.165, 1.54) is 18.3 Å². The monoisotopic (exact) mass is 291 g/mol. The van der Waals surface area contributed by atoms with Crippen LogP contribution in [0.5, 0.6) is 0 Å². The van der Waals surface area contributed by atoms with Gasteiger partial charge < -0.3 is 11.1 Å². The van der Waals surface area contributed by atoms with Crippen LogP contribution in [0.1, 0.15) is 10.4 Å². The largest absolute Gasteiger partial charge is 0.399 e. The fraction of sp³-hybridized carbons (Fsp3) is 0.0769. The summed E-state index contributed by atoms with van der Waals surface area (Å²) in [6, 6.07) is 9.35. The normalized spacial score (nSPS) is 11.1. The Bertz CT molecular complexity index is 740. The number of carbonyl (C=O) groups excluding carboxylic acids is 1. The predicted molar refractivity (Wildman–Crippen MR) is 76.2 cm³/mol. The van der Waals surface area contributed by atoms with E-state index >= 15 is 0 Å². The molecule has 20 heavy (non-hydrogen) atoms. The van der Waals surface area contributed by atoms with Crippen molar-refractivity contribution >= 4 is 27.1 Å². The molecule has 3 N–H and O–H groups in total. The highest BCUT2D eigenvalue weighted by Crippen LogP contribution is 2.13. The van der Waals surface area contributed by atoms with Crippen LogP contribution in [0.15, 0.2) is 47.6 Å². The Morgan fingerprint density at radius 3 is 2.55 bits per heavy atom. The van der Waals surface area contributed by atoms with Crippen molar-refractivity contribution in [3.8, 4) is 0 Å². The topological polar surface area (TPSA) is 102 Å². The maximum Gasteiger partial charge on any atom is 0.255 e. The quantitative estimate of drug-likeness (QED) is 0.830. The molecule has 1 heterocycles. The van der Waals surface area contributed by atoms with E-state index in [0.29, 0.717) is 16.9 Å². The van der Waals surface area contributed by atoms with Gasteiger partial charge in [-0.05, 0) is 30.3 Å². The van der Waals surface area contributed by atoms with Crippen LogP contribution in [0, 0.1) is 0 Å². The Hall–Kier alpha value is -2.41. The van der Waals surface area contributed by atoms with Gasteiger partial charge in [-0.15, -0.1) is 0 Å². The minimum absolute atomic E-state index is 0.0422. The molecule has 104 valence electrons. The van der Waals surface area contributed by atoms with Gasteiger partial charge in [0.15, 0.2) is 14.9 Å². The minimum Gasteiger partial charge on any atom is -0.399 e. The third-order valence-corrected chi connectivity index (χ3v) is 3.52. The molecule has 2 aromatic rings. The summed E-state index contributed by atoms with van der Waals surface area (Å²) < 4.78 is 22.5. The third kappa shape index (κ3) is 3.33. The summed E-state index contributed by atoms with van der Waals surface area (Å²) in [4.78, 5) is 15.7. The SMILES string of the molecule is CS(=O)(=O)c1ccc(NC(=O)c2cccc(N)c2)cn1. The minimum atomic E-state index is -3.35. The zero-order chi connectivity index (χ0) is 14.8. The summed E-state index contributed by atoms with van der Waals surface area (Å²) in [7, 11) is -3.35. The number of nitrogen functional groups attached to an aromatic ring is 1. The lowest BCUT2D eigenvalue weighted by Gasteiger charge is -2.06. The molecule has 0 radical (unpaired) electrons. The fourth-order valence-electron chi connectivity index (χ4n) is 1.56. The smallest absolute Gasteiger partial charge is 0.255 e. The first-order valence-corrected chi connectivity index (χ1v) is 7.58. The molecule has 0 aliphatic rings. The summed E-state index contributed by atoms with van der Waals surface area (Å²) >= 11 is 0. The van der Waals surface area contributed by atoms with E-state index in [1.54, 1.807) is 24.3 Å². The summed E-state index contributed by atoms with van der Waals surface area (Å²) in [5.41, 5.74) is 6.91. The van der Waals surface area contributed by atoms with E-state index < -0.39 is 9.84 Å². The van der Waals surface area contributed by atoms with E-state index in [0.717, 1.165) is 6.26 Å². The molecular weight excluding hydrogens is 278 g/mol. The van der Waals surface area contributed by atoms with Crippen LogP contribution in [-0.2, 0) is 9.84 Å². The second-order valence-corrected chi connectivity index (χ2v) is 6.20. The molecule has 1 aromatic carbocycles. The number of sulfone groups is 1. The predicted octanol–water partition coefficient (Wildman–Crippen LogP) is 1.32. The highest BCUT2D eigenvalue weighted by Gasteiger charge is 2.10. The van der Waals surface area contributed by atoms with E-state index in [9.17, 15) is 13.2 Å². The Balaban J connectivity index is 2.16. The molecule has 0 aliphatic heterocycles. The molecule has 0 bridgehead atoms. The highest BCUT2D eigenvalue weighted by molar-refractivity contribution is 7.90. The van der Waals surface area contributed by atoms with Crippen LogP contribution in [0.2, 0.25) is 0 Å². The van der Waals surface area contributed by atoms with Gasteiger partial charge in [0.05, 0.1) is 11.9 Å². The Labute approximate surface area is 116 Å². The van der Waals surface area contributed by atoms with Crippen LogP contribution < -0.4 is 11.1 Å². The number of hydrogen-bond acceptors (Lipinski definition) is 5. The van der Waals surface area contributed by atoms with Crippen molar-refractivity contribution in [2.24, 2.45) is 0 Å². The maximum absolute atomic E-state index is 11.9. The van der Waals surface area contributed by atoms with Crippen molar-refractivity contribution in [1.82, 2.24) is 4.98 Å². The van der Waals surface area contributed by atoms with Crippen molar-refractivity contribution in [3.63, 3.8) is 0 Å². The molecule has 1 amide bonds. The Kier molecular flexibility index (Phi) is 3.71. The summed E-state index contributed by atoms with van der Waals surface area (Å²) in [5, 5.41) is 2.57. The van der Waals surface area contributed by atoms with E-state index in [4.69, 9.17) is 5.73 Å². The summed E-state index contributed by atoms with van der Waals surface area (Å²) in [6.07, 6.45) is 2.36. The average Bonchev–Trinajstić information content (AvgIpc) is 2.38. The number of hydrogen-bond donors (Lipinski definition) is 2. The van der Waals surface area contributed by atoms with Crippen LogP contribution in [0.25, 0.3) is 0 Å². The van der Waals surface area contributed by atoms with Gasteiger partial charge >= 0.3 is 0 Å². The molecule has 0 saturated carbocycles. The molecular formula is C13H13N3O3S. The molecule has 0 spiro atoms. The molecule has 0 unspecified atom stereocenters. The van der Waals surface area contributed by atoms with Crippen LogP contribution >= 0.6 is 0 Å². The molecule has 7 heteroatoms. The maximum atomic E-state index is 11.9. The average molecular weight is 291 g/mol. The highest BCUT2D eigenvalue weighted by atomic mass is 32.2. The number of aromatic nitrogens is 1. The zero-order valence-electron chi connectivity index (χ0n) is 10.7. The van der Waals surface area contributed by atoms with Gasteiger partial charge in [0, 0.05) is 17.5 Å². The molecule has 2 rings (SSSR count). The van der Waals surface area contributed by atoms with E-state index in [-0.39, 0.29) is 10.9 Å². The zero-order valence-corrected chi connectivity index (χ0v) is 11.5. The van der Waals surface area contributed by atoms with Crippen LogP contribution in [0.4, 0.5) is 11.4 Å². The van der Waals surface area contributed by atoms with Gasteiger partial charge in [0.25, 0.3) is 5.91 Å². The second kappa shape index (κ2) is 5.30. The summed E-state index contributed by atoms with van der Waals surface area (Å²) in [5.74, 6) is -0.341. The van der Waals surface area contributed by atoms with E-state index in [2.05, 4.69) is 10.3 Å². The molecule has 0 aliphatic carbocycles. The van der Waals surface area contributed by atoms with Gasteiger partial charge in [-0.2, -0.15) is 0 Å². The Morgan fingerprint density at radius 2 is 2.00 bits per heavy atom. The first-order chi connectivity index (χ1) is 9.36. The fourth-order valence-corrected chi connectivity index (χ4v) is 2.12. The van der Waals surface area contributed by atoms with Gasteiger partial charge in [0.1, 0.15) is 0 Å². The number of pyridine rings is 1. The molecule has 1 aromatic heterocycles. The van der Waals surface area contributed by atoms with Gasteiger partial charge in [0.2, 0.25) is 0 Å². The number of rotatable bonds is 3. The molecule has 6 nitrogen and oxygen atoms in total. The van der Waals surface area contributed by atoms with Gasteiger partial charge in [-0.1, -0.05) is 6.07 Å². The number of nitrogens with zero attached hydrogens (tertiary/aromatic N) is 1. The molecule has 0 fully saturated rings. The summed E-state index contributed by atoms with van der Waals surface area (Å²) in [6.45, 7) is 0. The lowest BCUT2D eigenvalue weighted by Crippen LogP contribution is -2.12. The number of amides is 1. The standard InChI is InChI=1S/C13H13N3O3S/c1-20(18,19)12-6-5-11(8-15-12)16-13(17)9-3-2-4-10(14)7-9/h2-8H,14H2,1H3,(H,16,17). The van der Waals surface area contributed by atoms with Gasteiger partial charge in [-0.3, -0.25) is 4.79 Å². The van der Waals surface area contributed by atoms with Crippen molar-refractivity contribution < 1.29 is 13.2 Å². The number of benzene rings is 1. The Morgan fingerprint density at radius 1 is 1.25 bits per heavy atom. The first kappa shape index (κ1) is 14.0. The second-order valence-electron chi connectivity index (χ2n) is 4.24. The van der Waals surface area contributed by atoms with Crippen LogP contribution in [-0.4, -0.2) is 25.6 Å². The third-order valence-electron chi connectivity index (χ3n) is 2.52. The molecule has 0 atom stereocenters. The lowest BCUT2D eigenvalue weighted by molar-refractivity contribution is 0.102. The van der Waals surface area contributed by atoms with Crippen molar-refractivity contribution in [3.05, 3.63) is 48.2 Å². The lowest BCUT2D eigenvalue weighted by atomic mass is 10.2. The van der Waals surface area contributed by atoms with Crippen molar-refractivity contribution in [2.45, 2.75) is 5.03 Å². The number of nitrogens with one attached hydrogen (secondary N) is 1. The molecule has 0 saturated heterocycles. The first-order valence-electron chi connectivity index (χ1n) is 5.69.